The Hall–Kier alpha value is -1.27. The molecular weight excluding hydrogens is 357 g/mol. The summed E-state index contributed by atoms with van der Waals surface area (Å²) in [5.41, 5.74) is 1.68. The van der Waals surface area contributed by atoms with Crippen molar-refractivity contribution < 1.29 is 13.9 Å². The third-order valence-electron chi connectivity index (χ3n) is 3.46. The topological polar surface area (TPSA) is 39.2 Å². The number of hydrogen-bond acceptors (Lipinski definition) is 4. The zero-order valence-electron chi connectivity index (χ0n) is 11.4. The molecule has 1 aliphatic carbocycles. The number of nitrogens with zero attached hydrogens (tertiary/aromatic N) is 1. The first-order chi connectivity index (χ1) is 10.1. The molecule has 0 saturated heterocycles. The van der Waals surface area contributed by atoms with Gasteiger partial charge in [0.15, 0.2) is 0 Å². The number of aryl methyl sites for hydroxylation is 1. The highest BCUT2D eigenvalue weighted by Crippen LogP contribution is 2.40. The molecule has 0 bridgehead atoms. The summed E-state index contributed by atoms with van der Waals surface area (Å²) in [6.45, 7) is 2.18. The molecule has 1 atom stereocenters. The van der Waals surface area contributed by atoms with E-state index in [1.807, 2.05) is 0 Å². The first-order valence-corrected chi connectivity index (χ1v) is 8.32. The molecule has 1 unspecified atom stereocenters. The van der Waals surface area contributed by atoms with Crippen LogP contribution in [-0.4, -0.2) is 17.6 Å². The van der Waals surface area contributed by atoms with Crippen LogP contribution in [0.15, 0.2) is 22.7 Å². The number of rotatable bonds is 3. The number of carbonyl (C=O) groups is 1. The summed E-state index contributed by atoms with van der Waals surface area (Å²) in [6.07, 6.45) is 1.61. The lowest BCUT2D eigenvalue weighted by Gasteiger charge is -2.07. The molecule has 1 aromatic heterocycles. The quantitative estimate of drug-likeness (QED) is 0.756. The van der Waals surface area contributed by atoms with E-state index in [2.05, 4.69) is 20.9 Å². The van der Waals surface area contributed by atoms with Crippen molar-refractivity contribution in [3.05, 3.63) is 39.1 Å². The van der Waals surface area contributed by atoms with Crippen LogP contribution in [0.25, 0.3) is 10.6 Å². The number of fused-ring (bicyclic) bond motifs is 1. The minimum absolute atomic E-state index is 0.201. The van der Waals surface area contributed by atoms with Gasteiger partial charge in [0, 0.05) is 10.4 Å². The van der Waals surface area contributed by atoms with Gasteiger partial charge >= 0.3 is 5.97 Å². The first-order valence-electron chi connectivity index (χ1n) is 6.71. The van der Waals surface area contributed by atoms with Crippen molar-refractivity contribution in [2.75, 3.05) is 6.61 Å². The van der Waals surface area contributed by atoms with Gasteiger partial charge in [0.25, 0.3) is 0 Å². The Morgan fingerprint density at radius 3 is 3.10 bits per heavy atom. The average Bonchev–Trinajstić information content (AvgIpc) is 3.01. The molecule has 0 spiro atoms. The van der Waals surface area contributed by atoms with Crippen molar-refractivity contribution >= 4 is 33.2 Å². The number of carbonyl (C=O) groups excluding carboxylic acids is 1. The van der Waals surface area contributed by atoms with Crippen LogP contribution in [-0.2, 0) is 16.0 Å². The summed E-state index contributed by atoms with van der Waals surface area (Å²) in [7, 11) is 0. The van der Waals surface area contributed by atoms with Crippen LogP contribution in [0, 0.1) is 5.82 Å². The van der Waals surface area contributed by atoms with Gasteiger partial charge in [0.1, 0.15) is 16.7 Å². The fourth-order valence-corrected chi connectivity index (χ4v) is 3.97. The van der Waals surface area contributed by atoms with Crippen LogP contribution in [0.5, 0.6) is 0 Å². The Balaban J connectivity index is 1.92. The fraction of sp³-hybridized carbons (Fsp3) is 0.333. The highest BCUT2D eigenvalue weighted by Gasteiger charge is 2.33. The third kappa shape index (κ3) is 2.74. The molecule has 21 heavy (non-hydrogen) atoms. The Morgan fingerprint density at radius 2 is 2.38 bits per heavy atom. The van der Waals surface area contributed by atoms with E-state index in [4.69, 9.17) is 4.74 Å². The number of ether oxygens (including phenoxy) is 1. The van der Waals surface area contributed by atoms with Gasteiger partial charge in [-0.3, -0.25) is 4.79 Å². The third-order valence-corrected chi connectivity index (χ3v) is 5.24. The lowest BCUT2D eigenvalue weighted by Crippen LogP contribution is -2.14. The second kappa shape index (κ2) is 5.85. The number of benzene rings is 1. The van der Waals surface area contributed by atoms with Gasteiger partial charge in [-0.1, -0.05) is 0 Å². The largest absolute Gasteiger partial charge is 0.465 e. The highest BCUT2D eigenvalue weighted by atomic mass is 79.9. The van der Waals surface area contributed by atoms with E-state index >= 15 is 0 Å². The van der Waals surface area contributed by atoms with Gasteiger partial charge in [-0.05, 0) is 53.9 Å². The number of hydrogen-bond donors (Lipinski definition) is 0. The fourth-order valence-electron chi connectivity index (χ4n) is 2.45. The number of aromatic nitrogens is 1. The molecule has 2 aromatic rings. The van der Waals surface area contributed by atoms with E-state index < -0.39 is 0 Å². The van der Waals surface area contributed by atoms with Gasteiger partial charge in [0.2, 0.25) is 0 Å². The van der Waals surface area contributed by atoms with Crippen molar-refractivity contribution in [3.8, 4) is 10.6 Å². The molecule has 0 aliphatic heterocycles. The molecule has 0 saturated carbocycles. The van der Waals surface area contributed by atoms with Crippen LogP contribution in [0.3, 0.4) is 0 Å². The molecule has 3 rings (SSSR count). The van der Waals surface area contributed by atoms with Gasteiger partial charge in [0.05, 0.1) is 16.8 Å². The summed E-state index contributed by atoms with van der Waals surface area (Å²) in [5, 5.41) is 0.815. The van der Waals surface area contributed by atoms with Crippen LogP contribution in [0.4, 0.5) is 4.39 Å². The second-order valence-corrected chi connectivity index (χ2v) is 6.74. The van der Waals surface area contributed by atoms with E-state index in [1.165, 1.54) is 6.07 Å². The molecule has 0 radical (unpaired) electrons. The summed E-state index contributed by atoms with van der Waals surface area (Å²) in [6, 6.07) is 4.82. The van der Waals surface area contributed by atoms with E-state index in [1.54, 1.807) is 30.4 Å². The molecule has 0 N–H and O–H groups in total. The monoisotopic (exact) mass is 369 g/mol. The maximum absolute atomic E-state index is 13.3. The molecule has 6 heteroatoms. The van der Waals surface area contributed by atoms with E-state index in [-0.39, 0.29) is 17.7 Å². The summed E-state index contributed by atoms with van der Waals surface area (Å²) >= 11 is 4.75. The maximum Gasteiger partial charge on any atom is 0.315 e. The van der Waals surface area contributed by atoms with Crippen LogP contribution >= 0.6 is 27.3 Å². The Bertz CT molecular complexity index is 701. The van der Waals surface area contributed by atoms with Gasteiger partial charge < -0.3 is 4.74 Å². The van der Waals surface area contributed by atoms with Crippen molar-refractivity contribution in [1.82, 2.24) is 4.98 Å². The molecular formula is C15H13BrFNO2S. The molecule has 0 amide bonds. The number of thiazole rings is 1. The van der Waals surface area contributed by atoms with Crippen LogP contribution < -0.4 is 0 Å². The van der Waals surface area contributed by atoms with Crippen molar-refractivity contribution in [1.29, 1.82) is 0 Å². The SMILES string of the molecule is CCOC(=O)C1CCc2sc(-c3ccc(F)c(Br)c3)nc21. The smallest absolute Gasteiger partial charge is 0.315 e. The van der Waals surface area contributed by atoms with Gasteiger partial charge in [-0.15, -0.1) is 11.3 Å². The summed E-state index contributed by atoms with van der Waals surface area (Å²) < 4.78 is 18.8. The highest BCUT2D eigenvalue weighted by molar-refractivity contribution is 9.10. The van der Waals surface area contributed by atoms with Crippen LogP contribution in [0.1, 0.15) is 29.8 Å². The standard InChI is InChI=1S/C15H13BrFNO2S/c1-2-20-15(19)9-4-6-12-13(9)18-14(21-12)8-3-5-11(17)10(16)7-8/h3,5,7,9H,2,4,6H2,1H3. The predicted octanol–water partition coefficient (Wildman–Crippen LogP) is 4.30. The lowest BCUT2D eigenvalue weighted by molar-refractivity contribution is -0.145. The Morgan fingerprint density at radius 1 is 1.57 bits per heavy atom. The van der Waals surface area contributed by atoms with Gasteiger partial charge in [-0.2, -0.15) is 0 Å². The summed E-state index contributed by atoms with van der Waals surface area (Å²) in [4.78, 5) is 17.7. The normalized spacial score (nSPS) is 16.8. The molecule has 0 fully saturated rings. The van der Waals surface area contributed by atoms with E-state index in [9.17, 15) is 9.18 Å². The van der Waals surface area contributed by atoms with Crippen molar-refractivity contribution in [2.45, 2.75) is 25.7 Å². The zero-order chi connectivity index (χ0) is 15.0. The van der Waals surface area contributed by atoms with Gasteiger partial charge in [-0.25, -0.2) is 9.37 Å². The summed E-state index contributed by atoms with van der Waals surface area (Å²) in [5.74, 6) is -0.755. The van der Waals surface area contributed by atoms with E-state index in [0.29, 0.717) is 11.1 Å². The average molecular weight is 370 g/mol. The molecule has 3 nitrogen and oxygen atoms in total. The molecule has 110 valence electrons. The second-order valence-electron chi connectivity index (χ2n) is 4.80. The molecule has 1 aromatic carbocycles. The Kier molecular flexibility index (Phi) is 4.08. The minimum Gasteiger partial charge on any atom is -0.465 e. The Labute approximate surface area is 134 Å². The lowest BCUT2D eigenvalue weighted by atomic mass is 10.1. The number of esters is 1. The van der Waals surface area contributed by atoms with Crippen molar-refractivity contribution in [3.63, 3.8) is 0 Å². The zero-order valence-corrected chi connectivity index (χ0v) is 13.8. The number of halogens is 2. The van der Waals surface area contributed by atoms with E-state index in [0.717, 1.165) is 34.0 Å². The predicted molar refractivity (Wildman–Crippen MR) is 82.9 cm³/mol. The molecule has 1 heterocycles. The minimum atomic E-state index is -0.299. The first kappa shape index (κ1) is 14.7. The maximum atomic E-state index is 13.3. The van der Waals surface area contributed by atoms with Crippen LogP contribution in [0.2, 0.25) is 0 Å². The van der Waals surface area contributed by atoms with Crippen molar-refractivity contribution in [2.24, 2.45) is 0 Å². The molecule has 1 aliphatic rings.